The number of para-hydroxylation sites is 2. The molecule has 0 aliphatic rings. The highest BCUT2D eigenvalue weighted by molar-refractivity contribution is 7.92. The molecule has 6 heteroatoms. The van der Waals surface area contributed by atoms with Crippen molar-refractivity contribution in [3.05, 3.63) is 48.0 Å². The Morgan fingerprint density at radius 3 is 2.57 bits per heavy atom. The second-order valence-corrected chi connectivity index (χ2v) is 6.23. The number of nitrogens with one attached hydrogen (secondary N) is 1. The van der Waals surface area contributed by atoms with Gasteiger partial charge in [-0.15, -0.1) is 0 Å². The number of sulfonamides is 1. The second kappa shape index (κ2) is 6.05. The quantitative estimate of drug-likeness (QED) is 0.832. The molecular formula is C15H18N2O3S. The summed E-state index contributed by atoms with van der Waals surface area (Å²) >= 11 is 0. The molecule has 112 valence electrons. The first kappa shape index (κ1) is 15.2. The van der Waals surface area contributed by atoms with Crippen LogP contribution in [0.3, 0.4) is 0 Å². The molecule has 2 aromatic carbocycles. The van der Waals surface area contributed by atoms with Crippen LogP contribution in [0.4, 0.5) is 11.4 Å². The number of nitrogen functional groups attached to an aromatic ring is 1. The zero-order chi connectivity index (χ0) is 15.5. The molecule has 0 aliphatic heterocycles. The Labute approximate surface area is 124 Å². The normalized spacial score (nSPS) is 11.1. The van der Waals surface area contributed by atoms with Crippen LogP contribution < -0.4 is 15.2 Å². The van der Waals surface area contributed by atoms with E-state index in [-0.39, 0.29) is 10.6 Å². The Balaban J connectivity index is 2.38. The van der Waals surface area contributed by atoms with Crippen LogP contribution in [0.15, 0.2) is 47.4 Å². The first-order chi connectivity index (χ1) is 9.94. The number of anilines is 2. The topological polar surface area (TPSA) is 81.4 Å². The van der Waals surface area contributed by atoms with Crippen LogP contribution in [0.2, 0.25) is 0 Å². The van der Waals surface area contributed by atoms with Crippen molar-refractivity contribution in [1.82, 2.24) is 0 Å². The molecule has 2 rings (SSSR count). The Morgan fingerprint density at radius 2 is 1.90 bits per heavy atom. The Bertz CT molecular complexity index is 742. The fourth-order valence-corrected chi connectivity index (χ4v) is 3.13. The van der Waals surface area contributed by atoms with Crippen LogP contribution >= 0.6 is 0 Å². The van der Waals surface area contributed by atoms with Gasteiger partial charge in [0.2, 0.25) is 0 Å². The number of rotatable bonds is 5. The van der Waals surface area contributed by atoms with E-state index in [0.717, 1.165) is 5.56 Å². The molecule has 2 aromatic rings. The second-order valence-electron chi connectivity index (χ2n) is 4.58. The summed E-state index contributed by atoms with van der Waals surface area (Å²) in [5.74, 6) is 0.481. The molecule has 0 heterocycles. The first-order valence-corrected chi connectivity index (χ1v) is 8.03. The van der Waals surface area contributed by atoms with Crippen molar-refractivity contribution in [1.29, 1.82) is 0 Å². The lowest BCUT2D eigenvalue weighted by Crippen LogP contribution is -2.15. The van der Waals surface area contributed by atoms with E-state index >= 15 is 0 Å². The standard InChI is InChI=1S/C15H18N2O3S/c1-3-20-14-7-5-4-6-13(14)17-21(18,19)15-9-8-11(2)10-12(15)16/h4-10,17H,3,16H2,1-2H3. The van der Waals surface area contributed by atoms with Gasteiger partial charge in [-0.1, -0.05) is 18.2 Å². The average Bonchev–Trinajstić information content (AvgIpc) is 2.40. The molecule has 0 bridgehead atoms. The zero-order valence-corrected chi connectivity index (χ0v) is 12.8. The van der Waals surface area contributed by atoms with Crippen molar-refractivity contribution in [3.8, 4) is 5.75 Å². The summed E-state index contributed by atoms with van der Waals surface area (Å²) in [4.78, 5) is 0.0550. The summed E-state index contributed by atoms with van der Waals surface area (Å²) in [5, 5.41) is 0. The lowest BCUT2D eigenvalue weighted by molar-refractivity contribution is 0.342. The highest BCUT2D eigenvalue weighted by Gasteiger charge is 2.19. The van der Waals surface area contributed by atoms with E-state index in [2.05, 4.69) is 4.72 Å². The first-order valence-electron chi connectivity index (χ1n) is 6.55. The van der Waals surface area contributed by atoms with Gasteiger partial charge in [0.15, 0.2) is 0 Å². The van der Waals surface area contributed by atoms with Gasteiger partial charge in [0.25, 0.3) is 10.0 Å². The lowest BCUT2D eigenvalue weighted by Gasteiger charge is -2.14. The molecule has 0 spiro atoms. The van der Waals surface area contributed by atoms with Gasteiger partial charge in [-0.05, 0) is 43.7 Å². The van der Waals surface area contributed by atoms with Gasteiger partial charge in [0.05, 0.1) is 18.0 Å². The van der Waals surface area contributed by atoms with Crippen LogP contribution in [0.1, 0.15) is 12.5 Å². The zero-order valence-electron chi connectivity index (χ0n) is 12.0. The fraction of sp³-hybridized carbons (Fsp3) is 0.200. The molecule has 0 atom stereocenters. The van der Waals surface area contributed by atoms with Gasteiger partial charge in [-0.25, -0.2) is 8.42 Å². The third-order valence-corrected chi connectivity index (χ3v) is 4.33. The molecule has 0 fully saturated rings. The van der Waals surface area contributed by atoms with E-state index in [1.165, 1.54) is 6.07 Å². The Kier molecular flexibility index (Phi) is 4.37. The van der Waals surface area contributed by atoms with Crippen molar-refractivity contribution in [2.24, 2.45) is 0 Å². The number of ether oxygens (including phenoxy) is 1. The molecule has 0 aromatic heterocycles. The number of hydrogen-bond donors (Lipinski definition) is 2. The summed E-state index contributed by atoms with van der Waals surface area (Å²) in [6, 6.07) is 11.7. The molecule has 21 heavy (non-hydrogen) atoms. The highest BCUT2D eigenvalue weighted by Crippen LogP contribution is 2.28. The van der Waals surface area contributed by atoms with Gasteiger partial charge in [0.1, 0.15) is 10.6 Å². The average molecular weight is 306 g/mol. The Hall–Kier alpha value is -2.21. The maximum absolute atomic E-state index is 12.4. The number of benzene rings is 2. The summed E-state index contributed by atoms with van der Waals surface area (Å²) in [6.07, 6.45) is 0. The van der Waals surface area contributed by atoms with Gasteiger partial charge >= 0.3 is 0 Å². The molecule has 0 saturated heterocycles. The van der Waals surface area contributed by atoms with E-state index < -0.39 is 10.0 Å². The lowest BCUT2D eigenvalue weighted by atomic mass is 10.2. The molecule has 0 aliphatic carbocycles. The predicted octanol–water partition coefficient (Wildman–Crippen LogP) is 2.78. The van der Waals surface area contributed by atoms with Crippen molar-refractivity contribution in [2.75, 3.05) is 17.1 Å². The van der Waals surface area contributed by atoms with E-state index in [1.54, 1.807) is 36.4 Å². The third-order valence-electron chi connectivity index (χ3n) is 2.89. The molecule has 3 N–H and O–H groups in total. The highest BCUT2D eigenvalue weighted by atomic mass is 32.2. The largest absolute Gasteiger partial charge is 0.492 e. The van der Waals surface area contributed by atoms with Gasteiger partial charge in [-0.2, -0.15) is 0 Å². The van der Waals surface area contributed by atoms with E-state index in [9.17, 15) is 8.42 Å². The fourth-order valence-electron chi connectivity index (χ4n) is 1.94. The number of hydrogen-bond acceptors (Lipinski definition) is 4. The van der Waals surface area contributed by atoms with Crippen LogP contribution in [0.25, 0.3) is 0 Å². The van der Waals surface area contributed by atoms with Crippen molar-refractivity contribution < 1.29 is 13.2 Å². The molecule has 0 saturated carbocycles. The number of nitrogens with two attached hydrogens (primary N) is 1. The van der Waals surface area contributed by atoms with Crippen LogP contribution in [0, 0.1) is 6.92 Å². The minimum absolute atomic E-state index is 0.0550. The van der Waals surface area contributed by atoms with Gasteiger partial charge in [0, 0.05) is 0 Å². The summed E-state index contributed by atoms with van der Waals surface area (Å²) < 4.78 is 32.8. The summed E-state index contributed by atoms with van der Waals surface area (Å²) in [7, 11) is -3.76. The maximum atomic E-state index is 12.4. The minimum Gasteiger partial charge on any atom is -0.492 e. The minimum atomic E-state index is -3.76. The van der Waals surface area contributed by atoms with Crippen molar-refractivity contribution >= 4 is 21.4 Å². The smallest absolute Gasteiger partial charge is 0.264 e. The van der Waals surface area contributed by atoms with Crippen molar-refractivity contribution in [2.45, 2.75) is 18.7 Å². The van der Waals surface area contributed by atoms with Crippen LogP contribution in [0.5, 0.6) is 5.75 Å². The molecule has 0 amide bonds. The summed E-state index contributed by atoms with van der Waals surface area (Å²) in [5.41, 5.74) is 7.32. The van der Waals surface area contributed by atoms with E-state index in [1.807, 2.05) is 13.8 Å². The molecule has 5 nitrogen and oxygen atoms in total. The molecule has 0 radical (unpaired) electrons. The third kappa shape index (κ3) is 3.46. The maximum Gasteiger partial charge on any atom is 0.264 e. The predicted molar refractivity (Wildman–Crippen MR) is 84.0 cm³/mol. The monoisotopic (exact) mass is 306 g/mol. The van der Waals surface area contributed by atoms with Crippen LogP contribution in [-0.4, -0.2) is 15.0 Å². The van der Waals surface area contributed by atoms with Gasteiger partial charge in [-0.3, -0.25) is 4.72 Å². The summed E-state index contributed by atoms with van der Waals surface area (Å²) in [6.45, 7) is 4.14. The van der Waals surface area contributed by atoms with E-state index in [0.29, 0.717) is 18.0 Å². The van der Waals surface area contributed by atoms with Gasteiger partial charge < -0.3 is 10.5 Å². The number of aryl methyl sites for hydroxylation is 1. The Morgan fingerprint density at radius 1 is 1.19 bits per heavy atom. The SMILES string of the molecule is CCOc1ccccc1NS(=O)(=O)c1ccc(C)cc1N. The van der Waals surface area contributed by atoms with Crippen molar-refractivity contribution in [3.63, 3.8) is 0 Å². The molecular weight excluding hydrogens is 288 g/mol. The van der Waals surface area contributed by atoms with Crippen LogP contribution in [-0.2, 0) is 10.0 Å². The molecule has 0 unspecified atom stereocenters. The van der Waals surface area contributed by atoms with E-state index in [4.69, 9.17) is 10.5 Å².